The van der Waals surface area contributed by atoms with E-state index in [0.29, 0.717) is 41.7 Å². The summed E-state index contributed by atoms with van der Waals surface area (Å²) in [5.74, 6) is 0.428. The molecule has 0 aliphatic heterocycles. The number of hydrogen-bond acceptors (Lipinski definition) is 4. The van der Waals surface area contributed by atoms with Crippen LogP contribution in [0, 0.1) is 0 Å². The highest BCUT2D eigenvalue weighted by Gasteiger charge is 2.17. The molecular weight excluding hydrogens is 472 g/mol. The first-order valence-electron chi connectivity index (χ1n) is 10.3. The number of halogens is 1. The van der Waals surface area contributed by atoms with E-state index < -0.39 is 0 Å². The van der Waals surface area contributed by atoms with Gasteiger partial charge in [-0.1, -0.05) is 52.3 Å². The summed E-state index contributed by atoms with van der Waals surface area (Å²) in [6.45, 7) is 4.50. The second kappa shape index (κ2) is 11.3. The van der Waals surface area contributed by atoms with Crippen LogP contribution < -0.4 is 20.1 Å². The maximum atomic E-state index is 12.7. The number of anilines is 2. The fraction of sp³-hybridized carbons (Fsp3) is 0.200. The molecule has 3 rings (SSSR count). The smallest absolute Gasteiger partial charge is 0.255 e. The van der Waals surface area contributed by atoms with Crippen LogP contribution in [-0.2, 0) is 11.2 Å². The number of benzene rings is 3. The van der Waals surface area contributed by atoms with Gasteiger partial charge in [-0.05, 0) is 37.6 Å². The van der Waals surface area contributed by atoms with Crippen molar-refractivity contribution in [2.75, 3.05) is 23.8 Å². The van der Waals surface area contributed by atoms with Crippen molar-refractivity contribution in [3.8, 4) is 11.5 Å². The molecule has 0 bridgehead atoms. The molecule has 0 aliphatic carbocycles. The van der Waals surface area contributed by atoms with Crippen LogP contribution in [0.5, 0.6) is 11.5 Å². The average Bonchev–Trinajstić information content (AvgIpc) is 2.79. The molecule has 0 unspecified atom stereocenters. The van der Waals surface area contributed by atoms with Crippen molar-refractivity contribution in [1.82, 2.24) is 0 Å². The van der Waals surface area contributed by atoms with Crippen LogP contribution in [0.4, 0.5) is 11.4 Å². The van der Waals surface area contributed by atoms with E-state index in [1.54, 1.807) is 36.4 Å². The number of carbonyl (C=O) groups excluding carboxylic acids is 2. The molecule has 0 aliphatic rings. The zero-order chi connectivity index (χ0) is 22.9. The van der Waals surface area contributed by atoms with Gasteiger partial charge in [0, 0.05) is 22.2 Å². The van der Waals surface area contributed by atoms with Crippen LogP contribution in [0.15, 0.2) is 71.2 Å². The molecular formula is C25H25BrN2O4. The SMILES string of the molecule is CCOc1cc(NC(=O)c2ccccc2)c(OCC)cc1NC(=O)Cc1ccccc1Br. The fourth-order valence-corrected chi connectivity index (χ4v) is 3.52. The average molecular weight is 497 g/mol. The van der Waals surface area contributed by atoms with Crippen molar-refractivity contribution >= 4 is 39.1 Å². The van der Waals surface area contributed by atoms with Gasteiger partial charge >= 0.3 is 0 Å². The van der Waals surface area contributed by atoms with Gasteiger partial charge in [0.15, 0.2) is 0 Å². The highest BCUT2D eigenvalue weighted by molar-refractivity contribution is 9.10. The third-order valence-electron chi connectivity index (χ3n) is 4.55. The van der Waals surface area contributed by atoms with Gasteiger partial charge < -0.3 is 20.1 Å². The quantitative estimate of drug-likeness (QED) is 0.399. The first kappa shape index (κ1) is 23.3. The molecule has 0 fully saturated rings. The van der Waals surface area contributed by atoms with E-state index in [2.05, 4.69) is 26.6 Å². The number of ether oxygens (including phenoxy) is 2. The lowest BCUT2D eigenvalue weighted by molar-refractivity contribution is -0.115. The standard InChI is InChI=1S/C25H25BrN2O4/c1-3-31-22-16-21(28-25(30)17-10-6-5-7-11-17)23(32-4-2)15-20(22)27-24(29)14-18-12-8-9-13-19(18)26/h5-13,15-16H,3-4,14H2,1-2H3,(H,27,29)(H,28,30). The minimum atomic E-state index is -0.264. The monoisotopic (exact) mass is 496 g/mol. The summed E-state index contributed by atoms with van der Waals surface area (Å²) in [6.07, 6.45) is 0.198. The van der Waals surface area contributed by atoms with Gasteiger partial charge in [-0.3, -0.25) is 9.59 Å². The summed E-state index contributed by atoms with van der Waals surface area (Å²) in [5, 5.41) is 5.78. The Morgan fingerprint density at radius 3 is 1.97 bits per heavy atom. The van der Waals surface area contributed by atoms with E-state index in [1.165, 1.54) is 0 Å². The topological polar surface area (TPSA) is 76.7 Å². The molecule has 32 heavy (non-hydrogen) atoms. The zero-order valence-corrected chi connectivity index (χ0v) is 19.6. The summed E-state index contributed by atoms with van der Waals surface area (Å²) in [6, 6.07) is 19.8. The predicted molar refractivity (Wildman–Crippen MR) is 130 cm³/mol. The fourth-order valence-electron chi connectivity index (χ4n) is 3.10. The highest BCUT2D eigenvalue weighted by Crippen LogP contribution is 2.37. The third-order valence-corrected chi connectivity index (χ3v) is 5.32. The predicted octanol–water partition coefficient (Wildman–Crippen LogP) is 5.68. The van der Waals surface area contributed by atoms with Crippen LogP contribution in [0.25, 0.3) is 0 Å². The molecule has 7 heteroatoms. The van der Waals surface area contributed by atoms with Gasteiger partial charge in [0.25, 0.3) is 5.91 Å². The second-order valence-corrected chi connectivity index (χ2v) is 7.70. The normalized spacial score (nSPS) is 10.3. The van der Waals surface area contributed by atoms with Gasteiger partial charge in [-0.15, -0.1) is 0 Å². The van der Waals surface area contributed by atoms with Gasteiger partial charge in [0.05, 0.1) is 31.0 Å². The second-order valence-electron chi connectivity index (χ2n) is 6.85. The molecule has 0 saturated heterocycles. The minimum absolute atomic E-state index is 0.193. The summed E-state index contributed by atoms with van der Waals surface area (Å²) in [7, 11) is 0. The molecule has 2 N–H and O–H groups in total. The van der Waals surface area contributed by atoms with E-state index in [0.717, 1.165) is 10.0 Å². The van der Waals surface area contributed by atoms with Crippen molar-refractivity contribution in [2.24, 2.45) is 0 Å². The lowest BCUT2D eigenvalue weighted by Gasteiger charge is -2.18. The maximum absolute atomic E-state index is 12.7. The van der Waals surface area contributed by atoms with Crippen molar-refractivity contribution in [3.63, 3.8) is 0 Å². The Morgan fingerprint density at radius 2 is 1.38 bits per heavy atom. The molecule has 0 saturated carbocycles. The van der Waals surface area contributed by atoms with E-state index in [-0.39, 0.29) is 18.2 Å². The van der Waals surface area contributed by atoms with Gasteiger partial charge in [0.2, 0.25) is 5.91 Å². The molecule has 166 valence electrons. The number of hydrogen-bond donors (Lipinski definition) is 2. The van der Waals surface area contributed by atoms with E-state index in [9.17, 15) is 9.59 Å². The largest absolute Gasteiger partial charge is 0.492 e. The Labute approximate surface area is 196 Å². The number of nitrogens with one attached hydrogen (secondary N) is 2. The minimum Gasteiger partial charge on any atom is -0.492 e. The Kier molecular flexibility index (Phi) is 8.27. The molecule has 3 aromatic carbocycles. The van der Waals surface area contributed by atoms with Crippen molar-refractivity contribution in [2.45, 2.75) is 20.3 Å². The van der Waals surface area contributed by atoms with Crippen LogP contribution >= 0.6 is 15.9 Å². The lowest BCUT2D eigenvalue weighted by atomic mass is 10.1. The summed E-state index contributed by atoms with van der Waals surface area (Å²) < 4.78 is 12.3. The van der Waals surface area contributed by atoms with E-state index in [4.69, 9.17) is 9.47 Å². The Morgan fingerprint density at radius 1 is 0.812 bits per heavy atom. The molecule has 0 spiro atoms. The molecule has 3 aromatic rings. The van der Waals surface area contributed by atoms with Crippen molar-refractivity contribution < 1.29 is 19.1 Å². The van der Waals surface area contributed by atoms with Crippen LogP contribution in [-0.4, -0.2) is 25.0 Å². The first-order valence-corrected chi connectivity index (χ1v) is 11.1. The Hall–Kier alpha value is -3.32. The Bertz CT molecular complexity index is 1090. The van der Waals surface area contributed by atoms with Crippen LogP contribution in [0.2, 0.25) is 0 Å². The summed E-state index contributed by atoms with van der Waals surface area (Å²) in [4.78, 5) is 25.4. The summed E-state index contributed by atoms with van der Waals surface area (Å²) in [5.41, 5.74) is 2.34. The van der Waals surface area contributed by atoms with Crippen LogP contribution in [0.1, 0.15) is 29.8 Å². The van der Waals surface area contributed by atoms with Gasteiger partial charge in [-0.2, -0.15) is 0 Å². The van der Waals surface area contributed by atoms with E-state index in [1.807, 2.05) is 44.2 Å². The highest BCUT2D eigenvalue weighted by atomic mass is 79.9. The molecule has 2 amide bonds. The maximum Gasteiger partial charge on any atom is 0.255 e. The van der Waals surface area contributed by atoms with Crippen LogP contribution in [0.3, 0.4) is 0 Å². The summed E-state index contributed by atoms with van der Waals surface area (Å²) >= 11 is 3.47. The van der Waals surface area contributed by atoms with Gasteiger partial charge in [0.1, 0.15) is 11.5 Å². The number of carbonyl (C=O) groups is 2. The Balaban J connectivity index is 1.87. The van der Waals surface area contributed by atoms with Crippen molar-refractivity contribution in [3.05, 3.63) is 82.3 Å². The molecule has 0 heterocycles. The van der Waals surface area contributed by atoms with Crippen molar-refractivity contribution in [1.29, 1.82) is 0 Å². The number of amides is 2. The molecule has 0 atom stereocenters. The zero-order valence-electron chi connectivity index (χ0n) is 18.0. The number of rotatable bonds is 9. The van der Waals surface area contributed by atoms with E-state index >= 15 is 0 Å². The molecule has 6 nitrogen and oxygen atoms in total. The third kappa shape index (κ3) is 6.11. The van der Waals surface area contributed by atoms with Gasteiger partial charge in [-0.25, -0.2) is 0 Å². The first-order chi connectivity index (χ1) is 15.5. The molecule has 0 aromatic heterocycles. The lowest BCUT2D eigenvalue weighted by Crippen LogP contribution is -2.17. The molecule has 0 radical (unpaired) electrons.